The third-order valence-electron chi connectivity index (χ3n) is 4.60. The van der Waals surface area contributed by atoms with Crippen LogP contribution in [-0.2, 0) is 12.8 Å². The Morgan fingerprint density at radius 2 is 1.96 bits per heavy atom. The molecule has 0 atom stereocenters. The Bertz CT molecular complexity index is 999. The zero-order chi connectivity index (χ0) is 17.4. The molecule has 0 N–H and O–H groups in total. The Labute approximate surface area is 150 Å². The Morgan fingerprint density at radius 1 is 1.20 bits per heavy atom. The van der Waals surface area contributed by atoms with Gasteiger partial charge < -0.3 is 4.90 Å². The molecule has 0 spiro atoms. The number of benzene rings is 1. The van der Waals surface area contributed by atoms with Gasteiger partial charge in [0.15, 0.2) is 0 Å². The van der Waals surface area contributed by atoms with Crippen molar-refractivity contribution in [3.05, 3.63) is 57.0 Å². The second-order valence-electron chi connectivity index (χ2n) is 6.52. The van der Waals surface area contributed by atoms with Crippen LogP contribution in [-0.4, -0.2) is 30.0 Å². The van der Waals surface area contributed by atoms with Crippen LogP contribution in [0.25, 0.3) is 10.2 Å². The van der Waals surface area contributed by atoms with E-state index in [2.05, 4.69) is 10.1 Å². The van der Waals surface area contributed by atoms with Crippen molar-refractivity contribution in [3.8, 4) is 0 Å². The molecule has 1 aliphatic rings. The van der Waals surface area contributed by atoms with Crippen LogP contribution in [0.1, 0.15) is 28.8 Å². The van der Waals surface area contributed by atoms with Crippen molar-refractivity contribution in [3.63, 3.8) is 0 Å². The first-order valence-corrected chi connectivity index (χ1v) is 9.29. The molecule has 0 amide bonds. The predicted molar refractivity (Wildman–Crippen MR) is 104 cm³/mol. The van der Waals surface area contributed by atoms with Crippen molar-refractivity contribution in [1.29, 1.82) is 0 Å². The molecule has 0 fully saturated rings. The first kappa shape index (κ1) is 16.0. The zero-order valence-electron chi connectivity index (χ0n) is 14.4. The molecule has 4 rings (SSSR count). The van der Waals surface area contributed by atoms with Crippen molar-refractivity contribution >= 4 is 33.5 Å². The van der Waals surface area contributed by atoms with Gasteiger partial charge in [-0.1, -0.05) is 12.1 Å². The Balaban J connectivity index is 1.69. The van der Waals surface area contributed by atoms with Crippen LogP contribution in [0.15, 0.2) is 40.5 Å². The Kier molecular flexibility index (Phi) is 4.13. The second kappa shape index (κ2) is 6.44. The van der Waals surface area contributed by atoms with E-state index < -0.39 is 0 Å². The summed E-state index contributed by atoms with van der Waals surface area (Å²) in [5.74, 6) is 0. The lowest BCUT2D eigenvalue weighted by Gasteiger charge is -2.11. The van der Waals surface area contributed by atoms with E-state index in [1.54, 1.807) is 17.6 Å². The second-order valence-corrected chi connectivity index (χ2v) is 7.60. The lowest BCUT2D eigenvalue weighted by molar-refractivity contribution is 0.699. The molecule has 0 aliphatic heterocycles. The van der Waals surface area contributed by atoms with Crippen molar-refractivity contribution in [2.45, 2.75) is 25.7 Å². The first-order valence-electron chi connectivity index (χ1n) is 8.47. The highest BCUT2D eigenvalue weighted by atomic mass is 32.1. The van der Waals surface area contributed by atoms with Gasteiger partial charge in [0.05, 0.1) is 11.6 Å². The van der Waals surface area contributed by atoms with Crippen LogP contribution >= 0.6 is 11.3 Å². The number of rotatable bonds is 3. The third kappa shape index (κ3) is 2.98. The Hall–Kier alpha value is -2.47. The number of nitrogens with zero attached hydrogens (tertiary/aromatic N) is 4. The lowest BCUT2D eigenvalue weighted by Crippen LogP contribution is -2.18. The van der Waals surface area contributed by atoms with E-state index >= 15 is 0 Å². The molecule has 0 radical (unpaired) electrons. The number of hydrogen-bond donors (Lipinski definition) is 0. The fourth-order valence-electron chi connectivity index (χ4n) is 3.21. The quantitative estimate of drug-likeness (QED) is 0.680. The molecule has 0 bridgehead atoms. The summed E-state index contributed by atoms with van der Waals surface area (Å²) in [6.07, 6.45) is 7.62. The highest BCUT2D eigenvalue weighted by molar-refractivity contribution is 7.18. The summed E-state index contributed by atoms with van der Waals surface area (Å²) < 4.78 is 1.35. The van der Waals surface area contributed by atoms with E-state index in [1.807, 2.05) is 43.3 Å². The minimum absolute atomic E-state index is 0.0643. The molecule has 2 heterocycles. The summed E-state index contributed by atoms with van der Waals surface area (Å²) in [4.78, 5) is 21.5. The van der Waals surface area contributed by atoms with Gasteiger partial charge in [-0.05, 0) is 48.9 Å². The summed E-state index contributed by atoms with van der Waals surface area (Å²) in [6, 6.07) is 8.03. The van der Waals surface area contributed by atoms with Gasteiger partial charge in [0, 0.05) is 24.7 Å². The number of thiophene rings is 1. The van der Waals surface area contributed by atoms with E-state index in [-0.39, 0.29) is 5.56 Å². The van der Waals surface area contributed by atoms with Gasteiger partial charge >= 0.3 is 0 Å². The number of aromatic nitrogens is 2. The van der Waals surface area contributed by atoms with E-state index in [1.165, 1.54) is 27.9 Å². The lowest BCUT2D eigenvalue weighted by atomic mass is 9.97. The van der Waals surface area contributed by atoms with Gasteiger partial charge in [0.1, 0.15) is 11.2 Å². The minimum Gasteiger partial charge on any atom is -0.378 e. The zero-order valence-corrected chi connectivity index (χ0v) is 15.2. The Morgan fingerprint density at radius 3 is 2.72 bits per heavy atom. The molecule has 3 aromatic rings. The molecular weight excluding hydrogens is 332 g/mol. The van der Waals surface area contributed by atoms with Crippen LogP contribution < -0.4 is 10.5 Å². The molecule has 1 aromatic carbocycles. The van der Waals surface area contributed by atoms with Crippen molar-refractivity contribution < 1.29 is 0 Å². The highest BCUT2D eigenvalue weighted by Gasteiger charge is 2.19. The molecule has 0 unspecified atom stereocenters. The molecule has 128 valence electrons. The molecule has 0 saturated heterocycles. The summed E-state index contributed by atoms with van der Waals surface area (Å²) in [5.41, 5.74) is 3.21. The topological polar surface area (TPSA) is 50.5 Å². The number of fused-ring (bicyclic) bond motifs is 3. The maximum Gasteiger partial charge on any atom is 0.282 e. The van der Waals surface area contributed by atoms with Crippen molar-refractivity contribution in [2.75, 3.05) is 19.0 Å². The van der Waals surface area contributed by atoms with Crippen LogP contribution in [0.3, 0.4) is 0 Å². The maximum atomic E-state index is 12.8. The molecule has 1 aliphatic carbocycles. The molecule has 0 saturated carbocycles. The van der Waals surface area contributed by atoms with Gasteiger partial charge in [0.25, 0.3) is 5.56 Å². The monoisotopic (exact) mass is 352 g/mol. The highest BCUT2D eigenvalue weighted by Crippen LogP contribution is 2.33. The third-order valence-corrected chi connectivity index (χ3v) is 5.80. The smallest absolute Gasteiger partial charge is 0.282 e. The van der Waals surface area contributed by atoms with Crippen molar-refractivity contribution in [2.24, 2.45) is 5.10 Å². The van der Waals surface area contributed by atoms with Gasteiger partial charge in [-0.25, -0.2) is 4.98 Å². The summed E-state index contributed by atoms with van der Waals surface area (Å²) in [5, 5.41) is 5.10. The molecular formula is C19H20N4OS. The van der Waals surface area contributed by atoms with Crippen LogP contribution in [0.4, 0.5) is 5.69 Å². The summed E-state index contributed by atoms with van der Waals surface area (Å²) >= 11 is 1.66. The molecule has 25 heavy (non-hydrogen) atoms. The average Bonchev–Trinajstić information content (AvgIpc) is 3.01. The molecule has 5 nitrogen and oxygen atoms in total. The van der Waals surface area contributed by atoms with E-state index in [4.69, 9.17) is 0 Å². The normalized spacial score (nSPS) is 14.2. The predicted octanol–water partition coefficient (Wildman–Crippen LogP) is 3.29. The maximum absolute atomic E-state index is 12.8. The van der Waals surface area contributed by atoms with Crippen LogP contribution in [0.2, 0.25) is 0 Å². The fourth-order valence-corrected chi connectivity index (χ4v) is 4.43. The van der Waals surface area contributed by atoms with E-state index in [0.717, 1.165) is 40.7 Å². The molecule has 2 aromatic heterocycles. The number of anilines is 1. The van der Waals surface area contributed by atoms with E-state index in [0.29, 0.717) is 0 Å². The summed E-state index contributed by atoms with van der Waals surface area (Å²) in [6.45, 7) is 0. The first-order chi connectivity index (χ1) is 12.1. The van der Waals surface area contributed by atoms with Crippen LogP contribution in [0.5, 0.6) is 0 Å². The van der Waals surface area contributed by atoms with E-state index in [9.17, 15) is 4.79 Å². The number of hydrogen-bond acceptors (Lipinski definition) is 5. The molecule has 6 heteroatoms. The van der Waals surface area contributed by atoms with Gasteiger partial charge in [-0.15, -0.1) is 11.3 Å². The minimum atomic E-state index is -0.0643. The average molecular weight is 352 g/mol. The van der Waals surface area contributed by atoms with Gasteiger partial charge in [0.2, 0.25) is 0 Å². The van der Waals surface area contributed by atoms with Gasteiger partial charge in [-0.2, -0.15) is 9.78 Å². The largest absolute Gasteiger partial charge is 0.378 e. The van der Waals surface area contributed by atoms with Crippen LogP contribution in [0, 0.1) is 0 Å². The summed E-state index contributed by atoms with van der Waals surface area (Å²) in [7, 11) is 4.01. The standard InChI is InChI=1S/C19H20N4OS/c1-22(2)14-9-7-13(8-10-14)11-21-23-12-20-18-17(19(23)24)15-5-3-4-6-16(15)25-18/h7-12H,3-6H2,1-2H3/b21-11+. The SMILES string of the molecule is CN(C)c1ccc(/C=N/n2cnc3sc4c(c3c2=O)CCCC4)cc1. The van der Waals surface area contributed by atoms with Crippen molar-refractivity contribution in [1.82, 2.24) is 9.66 Å². The number of aryl methyl sites for hydroxylation is 2. The van der Waals surface area contributed by atoms with Gasteiger partial charge in [-0.3, -0.25) is 4.79 Å². The fraction of sp³-hybridized carbons (Fsp3) is 0.316.